The quantitative estimate of drug-likeness (QED) is 0.646. The lowest BCUT2D eigenvalue weighted by atomic mass is 10.0. The van der Waals surface area contributed by atoms with Crippen LogP contribution in [-0.4, -0.2) is 11.8 Å². The minimum atomic E-state index is -0.342. The van der Waals surface area contributed by atoms with Crippen LogP contribution in [0.25, 0.3) is 5.57 Å². The van der Waals surface area contributed by atoms with Crippen molar-refractivity contribution in [1.82, 2.24) is 0 Å². The van der Waals surface area contributed by atoms with Gasteiger partial charge in [0.15, 0.2) is 0 Å². The van der Waals surface area contributed by atoms with E-state index in [4.69, 9.17) is 0 Å². The SMILES string of the molecule is Cc1ccccc1NC1=C(c2ccccc2)C(=O)N(c2cccc(C)c2C)C1=O. The lowest BCUT2D eigenvalue weighted by Crippen LogP contribution is -2.33. The summed E-state index contributed by atoms with van der Waals surface area (Å²) in [5.74, 6) is -0.656. The first kappa shape index (κ1) is 18.7. The number of nitrogens with one attached hydrogen (secondary N) is 1. The highest BCUT2D eigenvalue weighted by molar-refractivity contribution is 6.46. The van der Waals surface area contributed by atoms with Crippen LogP contribution in [0.15, 0.2) is 78.5 Å². The molecule has 0 fully saturated rings. The van der Waals surface area contributed by atoms with Crippen molar-refractivity contribution >= 4 is 28.8 Å². The molecule has 0 radical (unpaired) electrons. The molecule has 0 saturated carbocycles. The number of carbonyl (C=O) groups is 2. The first-order valence-corrected chi connectivity index (χ1v) is 9.56. The highest BCUT2D eigenvalue weighted by atomic mass is 16.2. The molecule has 4 heteroatoms. The second-order valence-electron chi connectivity index (χ2n) is 7.22. The molecule has 0 saturated heterocycles. The molecule has 1 N–H and O–H groups in total. The van der Waals surface area contributed by atoms with Crippen LogP contribution in [0.5, 0.6) is 0 Å². The van der Waals surface area contributed by atoms with Gasteiger partial charge in [-0.05, 0) is 55.2 Å². The van der Waals surface area contributed by atoms with Gasteiger partial charge in [0, 0.05) is 5.69 Å². The number of aryl methyl sites for hydroxylation is 2. The van der Waals surface area contributed by atoms with Crippen LogP contribution in [0, 0.1) is 20.8 Å². The molecule has 0 atom stereocenters. The highest BCUT2D eigenvalue weighted by Gasteiger charge is 2.40. The summed E-state index contributed by atoms with van der Waals surface area (Å²) in [6, 6.07) is 22.7. The molecule has 2 amide bonds. The highest BCUT2D eigenvalue weighted by Crippen LogP contribution is 2.36. The third-order valence-electron chi connectivity index (χ3n) is 5.37. The zero-order chi connectivity index (χ0) is 20.5. The number of hydrogen-bond donors (Lipinski definition) is 1. The van der Waals surface area contributed by atoms with Crippen molar-refractivity contribution < 1.29 is 9.59 Å². The summed E-state index contributed by atoms with van der Waals surface area (Å²) in [6.45, 7) is 5.87. The maximum atomic E-state index is 13.5. The number of imide groups is 1. The normalized spacial score (nSPS) is 14.0. The molecule has 0 aliphatic carbocycles. The predicted octanol–water partition coefficient (Wildman–Crippen LogP) is 5.01. The first-order valence-electron chi connectivity index (χ1n) is 9.56. The van der Waals surface area contributed by atoms with E-state index < -0.39 is 0 Å². The van der Waals surface area contributed by atoms with Gasteiger partial charge in [-0.1, -0.05) is 60.7 Å². The average molecular weight is 382 g/mol. The topological polar surface area (TPSA) is 49.4 Å². The zero-order valence-corrected chi connectivity index (χ0v) is 16.7. The molecular weight excluding hydrogens is 360 g/mol. The van der Waals surface area contributed by atoms with Crippen LogP contribution < -0.4 is 10.2 Å². The molecule has 144 valence electrons. The second-order valence-corrected chi connectivity index (χ2v) is 7.22. The summed E-state index contributed by atoms with van der Waals surface area (Å²) >= 11 is 0. The van der Waals surface area contributed by atoms with Crippen molar-refractivity contribution in [1.29, 1.82) is 0 Å². The molecule has 0 bridgehead atoms. The Kier molecular flexibility index (Phi) is 4.77. The third-order valence-corrected chi connectivity index (χ3v) is 5.37. The first-order chi connectivity index (χ1) is 14.0. The van der Waals surface area contributed by atoms with E-state index in [2.05, 4.69) is 5.32 Å². The van der Waals surface area contributed by atoms with Gasteiger partial charge in [-0.3, -0.25) is 9.59 Å². The minimum Gasteiger partial charge on any atom is -0.350 e. The molecule has 1 aliphatic heterocycles. The van der Waals surface area contributed by atoms with E-state index in [9.17, 15) is 9.59 Å². The summed E-state index contributed by atoms with van der Waals surface area (Å²) in [5.41, 5.74) is 5.78. The van der Waals surface area contributed by atoms with Gasteiger partial charge < -0.3 is 5.32 Å². The molecule has 0 unspecified atom stereocenters. The summed E-state index contributed by atoms with van der Waals surface area (Å²) in [7, 11) is 0. The van der Waals surface area contributed by atoms with Gasteiger partial charge >= 0.3 is 0 Å². The third kappa shape index (κ3) is 3.23. The molecule has 0 aromatic heterocycles. The Morgan fingerprint density at radius 2 is 1.34 bits per heavy atom. The summed E-state index contributed by atoms with van der Waals surface area (Å²) in [6.07, 6.45) is 0. The van der Waals surface area contributed by atoms with Crippen LogP contribution in [0.1, 0.15) is 22.3 Å². The Morgan fingerprint density at radius 3 is 2.07 bits per heavy atom. The van der Waals surface area contributed by atoms with E-state index in [1.807, 2.05) is 93.6 Å². The molecule has 1 aliphatic rings. The maximum absolute atomic E-state index is 13.5. The predicted molar refractivity (Wildman–Crippen MR) is 117 cm³/mol. The Bertz CT molecular complexity index is 1150. The van der Waals surface area contributed by atoms with E-state index in [1.54, 1.807) is 0 Å². The fourth-order valence-corrected chi connectivity index (χ4v) is 3.56. The van der Waals surface area contributed by atoms with Gasteiger partial charge in [0.2, 0.25) is 0 Å². The number of benzene rings is 3. The standard InChI is InChI=1S/C25H22N2O2/c1-16-11-9-15-21(18(16)3)27-24(28)22(19-12-5-4-6-13-19)23(25(27)29)26-20-14-8-7-10-17(20)2/h4-15,26H,1-3H3. The van der Waals surface area contributed by atoms with Crippen molar-refractivity contribution in [2.75, 3.05) is 10.2 Å². The van der Waals surface area contributed by atoms with Crippen LogP contribution in [0.2, 0.25) is 0 Å². The van der Waals surface area contributed by atoms with Gasteiger partial charge in [-0.2, -0.15) is 0 Å². The number of anilines is 2. The number of amides is 2. The summed E-state index contributed by atoms with van der Waals surface area (Å²) in [4.78, 5) is 28.2. The van der Waals surface area contributed by atoms with Gasteiger partial charge in [0.25, 0.3) is 11.8 Å². The fourth-order valence-electron chi connectivity index (χ4n) is 3.56. The second kappa shape index (κ2) is 7.40. The molecule has 4 rings (SSSR count). The summed E-state index contributed by atoms with van der Waals surface area (Å²) in [5, 5.41) is 3.24. The van der Waals surface area contributed by atoms with Crippen LogP contribution in [0.4, 0.5) is 11.4 Å². The Labute approximate surface area is 170 Å². The number of hydrogen-bond acceptors (Lipinski definition) is 3. The van der Waals surface area contributed by atoms with E-state index in [0.717, 1.165) is 27.9 Å². The number of nitrogens with zero attached hydrogens (tertiary/aromatic N) is 1. The lowest BCUT2D eigenvalue weighted by molar-refractivity contribution is -0.120. The Balaban J connectivity index is 1.87. The molecule has 29 heavy (non-hydrogen) atoms. The number of carbonyl (C=O) groups excluding carboxylic acids is 2. The van der Waals surface area contributed by atoms with Crippen molar-refractivity contribution in [2.24, 2.45) is 0 Å². The Hall–Kier alpha value is -3.66. The molecule has 4 nitrogen and oxygen atoms in total. The molecule has 1 heterocycles. The number of rotatable bonds is 4. The van der Waals surface area contributed by atoms with E-state index in [0.29, 0.717) is 17.0 Å². The largest absolute Gasteiger partial charge is 0.350 e. The van der Waals surface area contributed by atoms with E-state index in [1.165, 1.54) is 4.90 Å². The van der Waals surface area contributed by atoms with Crippen molar-refractivity contribution in [2.45, 2.75) is 20.8 Å². The maximum Gasteiger partial charge on any atom is 0.282 e. The van der Waals surface area contributed by atoms with Gasteiger partial charge in [0.05, 0.1) is 11.3 Å². The fraction of sp³-hybridized carbons (Fsp3) is 0.120. The molecule has 3 aromatic rings. The monoisotopic (exact) mass is 382 g/mol. The Morgan fingerprint density at radius 1 is 0.690 bits per heavy atom. The minimum absolute atomic E-state index is 0.302. The zero-order valence-electron chi connectivity index (χ0n) is 16.7. The van der Waals surface area contributed by atoms with Crippen molar-refractivity contribution in [3.63, 3.8) is 0 Å². The van der Waals surface area contributed by atoms with Crippen LogP contribution in [-0.2, 0) is 9.59 Å². The van der Waals surface area contributed by atoms with Crippen molar-refractivity contribution in [3.8, 4) is 0 Å². The molecule has 3 aromatic carbocycles. The number of para-hydroxylation sites is 1. The summed E-state index contributed by atoms with van der Waals surface area (Å²) < 4.78 is 0. The van der Waals surface area contributed by atoms with Gasteiger partial charge in [-0.25, -0.2) is 4.90 Å². The molecular formula is C25H22N2O2. The van der Waals surface area contributed by atoms with E-state index in [-0.39, 0.29) is 11.8 Å². The van der Waals surface area contributed by atoms with Gasteiger partial charge in [-0.15, -0.1) is 0 Å². The van der Waals surface area contributed by atoms with Crippen molar-refractivity contribution in [3.05, 3.63) is 101 Å². The smallest absolute Gasteiger partial charge is 0.282 e. The van der Waals surface area contributed by atoms with Crippen LogP contribution in [0.3, 0.4) is 0 Å². The molecule has 0 spiro atoms. The van der Waals surface area contributed by atoms with Gasteiger partial charge in [0.1, 0.15) is 5.70 Å². The lowest BCUT2D eigenvalue weighted by Gasteiger charge is -2.19. The average Bonchev–Trinajstić information content (AvgIpc) is 2.96. The van der Waals surface area contributed by atoms with E-state index >= 15 is 0 Å². The van der Waals surface area contributed by atoms with Crippen LogP contribution >= 0.6 is 0 Å².